The Kier molecular flexibility index (Phi) is 7.09. The van der Waals surface area contributed by atoms with E-state index in [1.807, 2.05) is 30.3 Å². The molecule has 0 bridgehead atoms. The van der Waals surface area contributed by atoms with Crippen molar-refractivity contribution in [2.45, 2.75) is 45.3 Å². The molecule has 0 saturated carbocycles. The van der Waals surface area contributed by atoms with Gasteiger partial charge >= 0.3 is 6.09 Å². The predicted octanol–water partition coefficient (Wildman–Crippen LogP) is 3.59. The fourth-order valence-electron chi connectivity index (χ4n) is 1.83. The zero-order valence-electron chi connectivity index (χ0n) is 13.5. The molecule has 0 aliphatic carbocycles. The minimum absolute atomic E-state index is 0.501. The van der Waals surface area contributed by atoms with Crippen LogP contribution in [0.3, 0.4) is 0 Å². The summed E-state index contributed by atoms with van der Waals surface area (Å²) in [5.41, 5.74) is 0.460. The zero-order chi connectivity index (χ0) is 17.5. The molecule has 1 atom stereocenters. The van der Waals surface area contributed by atoms with Crippen molar-refractivity contribution < 1.29 is 17.9 Å². The molecule has 7 heteroatoms. The molecule has 1 N–H and O–H groups in total. The molecule has 0 heterocycles. The second kappa shape index (κ2) is 8.36. The van der Waals surface area contributed by atoms with Gasteiger partial charge in [0, 0.05) is 16.1 Å². The van der Waals surface area contributed by atoms with Crippen LogP contribution in [0.25, 0.3) is 0 Å². The maximum atomic E-state index is 11.9. The van der Waals surface area contributed by atoms with Crippen LogP contribution in [0.15, 0.2) is 41.8 Å². The molecule has 0 fully saturated rings. The maximum absolute atomic E-state index is 11.9. The van der Waals surface area contributed by atoms with Crippen LogP contribution in [0, 0.1) is 0 Å². The molecule has 1 rings (SSSR count). The zero-order valence-corrected chi connectivity index (χ0v) is 15.0. The van der Waals surface area contributed by atoms with Crippen LogP contribution in [-0.2, 0) is 20.2 Å². The smallest absolute Gasteiger partial charge is 0.408 e. The highest BCUT2D eigenvalue weighted by molar-refractivity contribution is 8.16. The number of benzene rings is 1. The first kappa shape index (κ1) is 19.5. The number of carbonyl (C=O) groups excluding carboxylic acids is 1. The molecule has 0 aliphatic heterocycles. The van der Waals surface area contributed by atoms with E-state index in [9.17, 15) is 13.2 Å². The van der Waals surface area contributed by atoms with Crippen LogP contribution >= 0.6 is 10.7 Å². The minimum Gasteiger partial charge on any atom is -0.444 e. The summed E-state index contributed by atoms with van der Waals surface area (Å²) >= 11 is 0. The summed E-state index contributed by atoms with van der Waals surface area (Å²) in [5.74, 6) is 0. The predicted molar refractivity (Wildman–Crippen MR) is 91.8 cm³/mol. The second-order valence-electron chi connectivity index (χ2n) is 6.08. The Labute approximate surface area is 142 Å². The Balaban J connectivity index is 2.72. The molecular formula is C16H22ClNO4S. The molecule has 1 aromatic rings. The highest BCUT2D eigenvalue weighted by atomic mass is 35.7. The van der Waals surface area contributed by atoms with Crippen LogP contribution < -0.4 is 5.32 Å². The highest BCUT2D eigenvalue weighted by Gasteiger charge is 2.18. The number of carbonyl (C=O) groups is 1. The van der Waals surface area contributed by atoms with E-state index in [-0.39, 0.29) is 0 Å². The lowest BCUT2D eigenvalue weighted by Crippen LogP contribution is -2.38. The number of nitrogens with one attached hydrogen (secondary N) is 1. The molecular weight excluding hydrogens is 338 g/mol. The summed E-state index contributed by atoms with van der Waals surface area (Å²) in [5, 5.41) is 3.52. The molecule has 128 valence electrons. The quantitative estimate of drug-likeness (QED) is 0.788. The molecule has 0 spiro atoms. The SMILES string of the molecule is CC(C)(C)OC(=O)N[C@H](/C=C/S(=O)(=O)Cl)CCc1ccccc1. The van der Waals surface area contributed by atoms with E-state index >= 15 is 0 Å². The number of ether oxygens (including phenoxy) is 1. The number of alkyl carbamates (subject to hydrolysis) is 1. The third-order valence-corrected chi connectivity index (χ3v) is 3.55. The first-order valence-electron chi connectivity index (χ1n) is 7.21. The van der Waals surface area contributed by atoms with Crippen molar-refractivity contribution in [3.05, 3.63) is 47.4 Å². The lowest BCUT2D eigenvalue weighted by Gasteiger charge is -2.22. The van der Waals surface area contributed by atoms with Crippen molar-refractivity contribution in [1.29, 1.82) is 0 Å². The minimum atomic E-state index is -3.77. The maximum Gasteiger partial charge on any atom is 0.408 e. The Hall–Kier alpha value is -1.53. The highest BCUT2D eigenvalue weighted by Crippen LogP contribution is 2.10. The monoisotopic (exact) mass is 359 g/mol. The van der Waals surface area contributed by atoms with E-state index in [2.05, 4.69) is 5.32 Å². The van der Waals surface area contributed by atoms with Gasteiger partial charge in [-0.3, -0.25) is 0 Å². The summed E-state index contributed by atoms with van der Waals surface area (Å²) in [6, 6.07) is 9.19. The van der Waals surface area contributed by atoms with Gasteiger partial charge < -0.3 is 10.1 Å². The van der Waals surface area contributed by atoms with Gasteiger partial charge in [0.15, 0.2) is 0 Å². The normalized spacial score (nSPS) is 13.7. The third kappa shape index (κ3) is 9.97. The van der Waals surface area contributed by atoms with E-state index < -0.39 is 26.8 Å². The summed E-state index contributed by atoms with van der Waals surface area (Å²) in [6.45, 7) is 5.26. The summed E-state index contributed by atoms with van der Waals surface area (Å²) in [6.07, 6.45) is 1.95. The molecule has 0 aliphatic rings. The van der Waals surface area contributed by atoms with Crippen molar-refractivity contribution in [3.63, 3.8) is 0 Å². The van der Waals surface area contributed by atoms with Gasteiger partial charge in [0.1, 0.15) is 5.60 Å². The first-order valence-corrected chi connectivity index (χ1v) is 9.59. The van der Waals surface area contributed by atoms with Gasteiger partial charge in [0.05, 0.1) is 6.04 Å². The third-order valence-electron chi connectivity index (χ3n) is 2.76. The topological polar surface area (TPSA) is 72.5 Å². The lowest BCUT2D eigenvalue weighted by molar-refractivity contribution is 0.0512. The molecule has 5 nitrogen and oxygen atoms in total. The molecule has 23 heavy (non-hydrogen) atoms. The van der Waals surface area contributed by atoms with Crippen LogP contribution in [0.1, 0.15) is 32.8 Å². The summed E-state index contributed by atoms with van der Waals surface area (Å²) in [4.78, 5) is 11.9. The molecule has 1 amide bonds. The first-order chi connectivity index (χ1) is 10.6. The van der Waals surface area contributed by atoms with E-state index in [0.29, 0.717) is 12.8 Å². The Morgan fingerprint density at radius 1 is 1.30 bits per heavy atom. The molecule has 0 aromatic heterocycles. The van der Waals surface area contributed by atoms with Crippen molar-refractivity contribution in [3.8, 4) is 0 Å². The van der Waals surface area contributed by atoms with Gasteiger partial charge in [0.2, 0.25) is 0 Å². The van der Waals surface area contributed by atoms with Gasteiger partial charge in [0.25, 0.3) is 9.05 Å². The van der Waals surface area contributed by atoms with Gasteiger partial charge in [-0.25, -0.2) is 13.2 Å². The van der Waals surface area contributed by atoms with Crippen LogP contribution in [-0.4, -0.2) is 26.2 Å². The van der Waals surface area contributed by atoms with Crippen molar-refractivity contribution in [2.24, 2.45) is 0 Å². The van der Waals surface area contributed by atoms with Crippen LogP contribution in [0.4, 0.5) is 4.79 Å². The van der Waals surface area contributed by atoms with Crippen molar-refractivity contribution in [1.82, 2.24) is 5.32 Å². The number of aryl methyl sites for hydroxylation is 1. The van der Waals surface area contributed by atoms with E-state index in [0.717, 1.165) is 11.0 Å². The number of amides is 1. The molecule has 0 saturated heterocycles. The number of hydrogen-bond donors (Lipinski definition) is 1. The fourth-order valence-corrected chi connectivity index (χ4v) is 2.39. The van der Waals surface area contributed by atoms with E-state index in [1.165, 1.54) is 6.08 Å². The fraction of sp³-hybridized carbons (Fsp3) is 0.438. The largest absolute Gasteiger partial charge is 0.444 e. The number of hydrogen-bond acceptors (Lipinski definition) is 4. The number of halogens is 1. The van der Waals surface area contributed by atoms with Gasteiger partial charge in [-0.15, -0.1) is 0 Å². The van der Waals surface area contributed by atoms with E-state index in [4.69, 9.17) is 15.4 Å². The van der Waals surface area contributed by atoms with Crippen LogP contribution in [0.5, 0.6) is 0 Å². The van der Waals surface area contributed by atoms with Gasteiger partial charge in [-0.1, -0.05) is 30.3 Å². The average Bonchev–Trinajstić information content (AvgIpc) is 2.40. The van der Waals surface area contributed by atoms with Crippen molar-refractivity contribution >= 4 is 25.8 Å². The van der Waals surface area contributed by atoms with Crippen LogP contribution in [0.2, 0.25) is 0 Å². The number of rotatable bonds is 6. The van der Waals surface area contributed by atoms with Crippen molar-refractivity contribution in [2.75, 3.05) is 0 Å². The summed E-state index contributed by atoms with van der Waals surface area (Å²) in [7, 11) is 1.41. The van der Waals surface area contributed by atoms with Gasteiger partial charge in [-0.2, -0.15) is 0 Å². The van der Waals surface area contributed by atoms with E-state index in [1.54, 1.807) is 20.8 Å². The molecule has 1 aromatic carbocycles. The van der Waals surface area contributed by atoms with Gasteiger partial charge in [-0.05, 0) is 45.3 Å². The Morgan fingerprint density at radius 3 is 2.43 bits per heavy atom. The molecule has 0 unspecified atom stereocenters. The molecule has 0 radical (unpaired) electrons. The lowest BCUT2D eigenvalue weighted by atomic mass is 10.1. The summed E-state index contributed by atoms with van der Waals surface area (Å²) < 4.78 is 27.3. The average molecular weight is 360 g/mol. The second-order valence-corrected chi connectivity index (χ2v) is 8.59. The Morgan fingerprint density at radius 2 is 1.91 bits per heavy atom. The Bertz CT molecular complexity index is 636. The standard InChI is InChI=1S/C16H22ClNO4S/c1-16(2,3)22-15(19)18-14(11-12-23(17,20)21)10-9-13-7-5-4-6-8-13/h4-8,11-12,14H,9-10H2,1-3H3,(H,18,19)/b12-11+/t14-/m0/s1.